The summed E-state index contributed by atoms with van der Waals surface area (Å²) in [6.07, 6.45) is 24.4. The molecule has 28 heavy (non-hydrogen) atoms. The molecule has 0 saturated heterocycles. The van der Waals surface area contributed by atoms with Crippen LogP contribution in [-0.2, 0) is 111 Å². The van der Waals surface area contributed by atoms with Crippen LogP contribution in [-0.4, -0.2) is 24.4 Å². The Morgan fingerprint density at radius 3 is 0.536 bits per heavy atom. The zero-order chi connectivity index (χ0) is 20.5. The molecular formula is C20H36Hf4O4. The number of hydrogen-bond acceptors (Lipinski definition) is 4. The molecule has 0 N–H and O–H groups in total. The van der Waals surface area contributed by atoms with E-state index in [2.05, 4.69) is 0 Å². The van der Waals surface area contributed by atoms with Crippen molar-refractivity contribution in [3.8, 4) is 0 Å². The van der Waals surface area contributed by atoms with Gasteiger partial charge in [0.25, 0.3) is 0 Å². The molecule has 0 amide bonds. The minimum atomic E-state index is 0.659. The molecule has 0 heterocycles. The van der Waals surface area contributed by atoms with Gasteiger partial charge in [0.15, 0.2) is 0 Å². The van der Waals surface area contributed by atoms with Crippen LogP contribution in [0.15, 0.2) is 0 Å². The maximum atomic E-state index is 5.25. The van der Waals surface area contributed by atoms with Crippen molar-refractivity contribution in [2.75, 3.05) is 0 Å². The van der Waals surface area contributed by atoms with Crippen LogP contribution in [0.25, 0.3) is 0 Å². The predicted molar refractivity (Wildman–Crippen MR) is 93.4 cm³/mol. The maximum absolute atomic E-state index is 5.25. The zero-order valence-corrected chi connectivity index (χ0v) is 31.6. The zero-order valence-electron chi connectivity index (χ0n) is 17.3. The molecule has 8 heteroatoms. The van der Waals surface area contributed by atoms with Gasteiger partial charge in [-0.3, -0.25) is 0 Å². The van der Waals surface area contributed by atoms with E-state index in [1.54, 1.807) is 0 Å². The molecule has 156 valence electrons. The van der Waals surface area contributed by atoms with Crippen molar-refractivity contribution >= 4 is 0 Å². The van der Waals surface area contributed by atoms with Crippen LogP contribution in [0, 0.1) is 0 Å². The van der Waals surface area contributed by atoms with Crippen molar-refractivity contribution in [1.29, 1.82) is 0 Å². The van der Waals surface area contributed by atoms with E-state index in [9.17, 15) is 0 Å². The van der Waals surface area contributed by atoms with E-state index in [0.29, 0.717) is 24.4 Å². The van der Waals surface area contributed by atoms with Crippen LogP contribution >= 0.6 is 0 Å². The Morgan fingerprint density at radius 1 is 0.321 bits per heavy atom. The van der Waals surface area contributed by atoms with E-state index in [0.717, 1.165) is 99.2 Å². The standard InChI is InChI=1S/4C5H9O.4Hf/c4*6-5-3-1-2-4-5;;;;/h4*5H,1-4H2;;;;/q4*-1;4*+1. The minimum absolute atomic E-state index is 0.659. The number of rotatable bonds is 4. The van der Waals surface area contributed by atoms with E-state index in [4.69, 9.17) is 11.4 Å². The molecule has 0 unspecified atom stereocenters. The van der Waals surface area contributed by atoms with Crippen LogP contribution in [0.1, 0.15) is 103 Å². The summed E-state index contributed by atoms with van der Waals surface area (Å²) in [5, 5.41) is 0. The van der Waals surface area contributed by atoms with E-state index in [-0.39, 0.29) is 0 Å². The first-order valence-electron chi connectivity index (χ1n) is 11.0. The SMILES string of the molecule is [Hf][O]C1CCCC1.[Hf][O]C1CCCC1.[Hf][O]C1CCCC1.[Hf][O]C1CCCC1. The summed E-state index contributed by atoms with van der Waals surface area (Å²) in [7, 11) is 0. The first-order chi connectivity index (χ1) is 13.7. The van der Waals surface area contributed by atoms with Gasteiger partial charge in [-0.25, -0.2) is 0 Å². The van der Waals surface area contributed by atoms with Gasteiger partial charge in [-0.05, 0) is 0 Å². The van der Waals surface area contributed by atoms with Gasteiger partial charge in [-0.2, -0.15) is 0 Å². The van der Waals surface area contributed by atoms with Crippen LogP contribution in [0.3, 0.4) is 0 Å². The monoisotopic (exact) mass is 1060 g/mol. The molecule has 4 saturated carbocycles. The third-order valence-electron chi connectivity index (χ3n) is 5.88. The summed E-state index contributed by atoms with van der Waals surface area (Å²) in [4.78, 5) is 0. The third kappa shape index (κ3) is 15.2. The quantitative estimate of drug-likeness (QED) is 0.343. The Kier molecular flexibility index (Phi) is 21.9. The van der Waals surface area contributed by atoms with Crippen molar-refractivity contribution < 1.29 is 111 Å². The fraction of sp³-hybridized carbons (Fsp3) is 1.00. The molecular weight excluding hydrogens is 1020 g/mol. The molecule has 4 aliphatic rings. The Balaban J connectivity index is 0.000000187. The second-order valence-corrected chi connectivity index (χ2v) is 11.5. The summed E-state index contributed by atoms with van der Waals surface area (Å²) in [6, 6.07) is 0. The van der Waals surface area contributed by atoms with Crippen LogP contribution in [0.2, 0.25) is 0 Å². The summed E-state index contributed by atoms with van der Waals surface area (Å²) in [5.74, 6) is 0. The predicted octanol–water partition coefficient (Wildman–Crippen LogP) is 5.63. The van der Waals surface area contributed by atoms with Gasteiger partial charge in [-0.1, -0.05) is 0 Å². The second kappa shape index (κ2) is 20.9. The molecule has 0 atom stereocenters. The Morgan fingerprint density at radius 2 is 0.464 bits per heavy atom. The van der Waals surface area contributed by atoms with Gasteiger partial charge in [0.2, 0.25) is 0 Å². The van der Waals surface area contributed by atoms with Gasteiger partial charge >= 0.3 is 238 Å². The van der Waals surface area contributed by atoms with Crippen LogP contribution < -0.4 is 0 Å². The van der Waals surface area contributed by atoms with Crippen molar-refractivity contribution in [3.05, 3.63) is 0 Å². The summed E-state index contributed by atoms with van der Waals surface area (Å²) < 4.78 is 21.0. The summed E-state index contributed by atoms with van der Waals surface area (Å²) in [5.41, 5.74) is 0. The summed E-state index contributed by atoms with van der Waals surface area (Å²) >= 11 is 3.73. The topological polar surface area (TPSA) is 36.9 Å². The third-order valence-corrected chi connectivity index (χ3v) is 10.7. The van der Waals surface area contributed by atoms with Crippen LogP contribution in [0.5, 0.6) is 0 Å². The first-order valence-corrected chi connectivity index (χ1v) is 16.9. The molecule has 0 aliphatic heterocycles. The summed E-state index contributed by atoms with van der Waals surface area (Å²) in [6.45, 7) is 0. The van der Waals surface area contributed by atoms with Crippen molar-refractivity contribution in [2.24, 2.45) is 0 Å². The van der Waals surface area contributed by atoms with E-state index in [1.165, 1.54) is 103 Å². The first kappa shape index (κ1) is 29.4. The molecule has 4 aliphatic carbocycles. The fourth-order valence-electron chi connectivity index (χ4n) is 4.02. The normalized spacial score (nSPS) is 23.3. The Labute approximate surface area is 234 Å². The van der Waals surface area contributed by atoms with Gasteiger partial charge in [0.05, 0.1) is 0 Å². The van der Waals surface area contributed by atoms with Crippen LogP contribution in [0.4, 0.5) is 0 Å². The molecule has 4 fully saturated rings. The van der Waals surface area contributed by atoms with E-state index < -0.39 is 0 Å². The molecule has 0 aromatic heterocycles. The fourth-order valence-corrected chi connectivity index (χ4v) is 7.41. The Bertz CT molecular complexity index is 264. The van der Waals surface area contributed by atoms with Crippen molar-refractivity contribution in [1.82, 2.24) is 0 Å². The average Bonchev–Trinajstić information content (AvgIpc) is 3.57. The van der Waals surface area contributed by atoms with Gasteiger partial charge < -0.3 is 0 Å². The number of hydrogen-bond donors (Lipinski definition) is 0. The van der Waals surface area contributed by atoms with Crippen molar-refractivity contribution in [3.63, 3.8) is 0 Å². The van der Waals surface area contributed by atoms with Gasteiger partial charge in [0.1, 0.15) is 0 Å². The van der Waals surface area contributed by atoms with Gasteiger partial charge in [-0.15, -0.1) is 0 Å². The molecule has 4 nitrogen and oxygen atoms in total. The van der Waals surface area contributed by atoms with Gasteiger partial charge in [0, 0.05) is 0 Å². The molecule has 4 rings (SSSR count). The molecule has 0 aromatic rings. The van der Waals surface area contributed by atoms with E-state index in [1.807, 2.05) is 0 Å². The van der Waals surface area contributed by atoms with E-state index >= 15 is 0 Å². The molecule has 0 aromatic carbocycles. The molecule has 0 bridgehead atoms. The molecule has 0 radical (unpaired) electrons. The second-order valence-electron chi connectivity index (χ2n) is 8.10. The van der Waals surface area contributed by atoms with Crippen molar-refractivity contribution in [2.45, 2.75) is 127 Å². The molecule has 0 spiro atoms. The Hall–Kier alpha value is 3.32. The average molecular weight is 1050 g/mol.